The molecule has 0 aliphatic rings. The van der Waals surface area contributed by atoms with Crippen LogP contribution in [0.25, 0.3) is 0 Å². The van der Waals surface area contributed by atoms with Gasteiger partial charge in [-0.1, -0.05) is 54.6 Å². The summed E-state index contributed by atoms with van der Waals surface area (Å²) < 4.78 is 5.90. The Labute approximate surface area is 162 Å². The lowest BCUT2D eigenvalue weighted by molar-refractivity contribution is -0.138. The molecule has 0 spiro atoms. The summed E-state index contributed by atoms with van der Waals surface area (Å²) >= 11 is 0. The fourth-order valence-corrected chi connectivity index (χ4v) is 2.69. The Kier molecular flexibility index (Phi) is 6.04. The summed E-state index contributed by atoms with van der Waals surface area (Å²) in [4.78, 5) is 24.5. The molecule has 142 valence electrons. The predicted molar refractivity (Wildman–Crippen MR) is 105 cm³/mol. The van der Waals surface area contributed by atoms with Crippen LogP contribution in [0.3, 0.4) is 0 Å². The number of ketones is 1. The van der Waals surface area contributed by atoms with E-state index in [4.69, 9.17) is 4.74 Å². The van der Waals surface area contributed by atoms with Crippen LogP contribution in [0.4, 0.5) is 5.69 Å². The molecule has 0 aliphatic heterocycles. The van der Waals surface area contributed by atoms with E-state index in [1.54, 1.807) is 60.7 Å². The molecule has 6 nitrogen and oxygen atoms in total. The van der Waals surface area contributed by atoms with Gasteiger partial charge in [0, 0.05) is 11.3 Å². The van der Waals surface area contributed by atoms with E-state index in [2.05, 4.69) is 5.32 Å². The summed E-state index contributed by atoms with van der Waals surface area (Å²) in [6.45, 7) is -0.627. The van der Waals surface area contributed by atoms with Gasteiger partial charge >= 0.3 is 5.97 Å². The highest BCUT2D eigenvalue weighted by molar-refractivity contribution is 6.14. The van der Waals surface area contributed by atoms with Gasteiger partial charge in [-0.05, 0) is 24.3 Å². The van der Waals surface area contributed by atoms with Gasteiger partial charge in [0.25, 0.3) is 0 Å². The van der Waals surface area contributed by atoms with Crippen molar-refractivity contribution in [3.8, 4) is 11.5 Å². The standard InChI is InChI=1S/C22H19NO5/c24-14-18(22(26)27)23-17-12-7-13-19(28-16-10-5-2-6-11-16)20(17)21(25)15-8-3-1-4-9-15/h1-13,18,23-24H,14H2,(H,26,27). The maximum atomic E-state index is 13.2. The van der Waals surface area contributed by atoms with E-state index in [1.165, 1.54) is 0 Å². The van der Waals surface area contributed by atoms with Crippen molar-refractivity contribution in [3.05, 3.63) is 90.0 Å². The van der Waals surface area contributed by atoms with E-state index in [0.717, 1.165) is 0 Å². The number of carbonyl (C=O) groups is 2. The van der Waals surface area contributed by atoms with Crippen LogP contribution in [0, 0.1) is 0 Å². The quantitative estimate of drug-likeness (QED) is 0.520. The maximum Gasteiger partial charge on any atom is 0.328 e. The van der Waals surface area contributed by atoms with Crippen LogP contribution >= 0.6 is 0 Å². The van der Waals surface area contributed by atoms with Crippen molar-refractivity contribution in [3.63, 3.8) is 0 Å². The first-order valence-corrected chi connectivity index (χ1v) is 8.66. The van der Waals surface area contributed by atoms with Crippen molar-refractivity contribution in [2.45, 2.75) is 6.04 Å². The number of carboxylic acids is 1. The Morgan fingerprint density at radius 2 is 1.54 bits per heavy atom. The fraction of sp³-hybridized carbons (Fsp3) is 0.0909. The molecule has 0 heterocycles. The van der Waals surface area contributed by atoms with Crippen molar-refractivity contribution in [1.82, 2.24) is 0 Å². The van der Waals surface area contributed by atoms with Crippen LogP contribution in [-0.4, -0.2) is 34.6 Å². The number of hydrogen-bond acceptors (Lipinski definition) is 5. The smallest absolute Gasteiger partial charge is 0.328 e. The second-order valence-electron chi connectivity index (χ2n) is 6.01. The molecule has 3 rings (SSSR count). The number of anilines is 1. The zero-order valence-corrected chi connectivity index (χ0v) is 14.9. The molecule has 3 N–H and O–H groups in total. The van der Waals surface area contributed by atoms with E-state index in [9.17, 15) is 19.8 Å². The number of rotatable bonds is 8. The lowest BCUT2D eigenvalue weighted by atomic mass is 10.00. The van der Waals surface area contributed by atoms with Gasteiger partial charge < -0.3 is 20.3 Å². The molecule has 1 unspecified atom stereocenters. The molecule has 0 saturated heterocycles. The number of ether oxygens (including phenoxy) is 1. The summed E-state index contributed by atoms with van der Waals surface area (Å²) in [5, 5.41) is 21.3. The first-order valence-electron chi connectivity index (χ1n) is 8.66. The van der Waals surface area contributed by atoms with Gasteiger partial charge in [0.2, 0.25) is 0 Å². The number of carboxylic acid groups (broad SMARTS) is 1. The second kappa shape index (κ2) is 8.83. The predicted octanol–water partition coefficient (Wildman–Crippen LogP) is 3.57. The minimum absolute atomic E-state index is 0.192. The Morgan fingerprint density at radius 3 is 2.14 bits per heavy atom. The van der Waals surface area contributed by atoms with Crippen LogP contribution in [0.5, 0.6) is 11.5 Å². The minimum Gasteiger partial charge on any atom is -0.480 e. The monoisotopic (exact) mass is 377 g/mol. The first kappa shape index (κ1) is 19.1. The molecule has 0 aromatic heterocycles. The van der Waals surface area contributed by atoms with E-state index >= 15 is 0 Å². The van der Waals surface area contributed by atoms with Crippen molar-refractivity contribution in [2.24, 2.45) is 0 Å². The number of aliphatic carboxylic acids is 1. The molecule has 0 aliphatic carbocycles. The average molecular weight is 377 g/mol. The zero-order chi connectivity index (χ0) is 19.9. The van der Waals surface area contributed by atoms with E-state index in [0.29, 0.717) is 11.3 Å². The molecule has 0 saturated carbocycles. The number of aliphatic hydroxyl groups excluding tert-OH is 1. The molecule has 3 aromatic carbocycles. The molecule has 1 atom stereocenters. The molecule has 0 bridgehead atoms. The third kappa shape index (κ3) is 4.36. The van der Waals surface area contributed by atoms with E-state index < -0.39 is 18.6 Å². The molecular formula is C22H19NO5. The van der Waals surface area contributed by atoms with Crippen LogP contribution in [-0.2, 0) is 4.79 Å². The van der Waals surface area contributed by atoms with Gasteiger partial charge in [0.1, 0.15) is 17.5 Å². The number of nitrogens with one attached hydrogen (secondary N) is 1. The van der Waals surface area contributed by atoms with Gasteiger partial charge in [0.05, 0.1) is 12.2 Å². The molecule has 6 heteroatoms. The molecule has 0 amide bonds. The third-order valence-corrected chi connectivity index (χ3v) is 4.07. The van der Waals surface area contributed by atoms with Crippen LogP contribution in [0.2, 0.25) is 0 Å². The summed E-state index contributed by atoms with van der Waals surface area (Å²) in [7, 11) is 0. The van der Waals surface area contributed by atoms with Gasteiger partial charge in [-0.2, -0.15) is 0 Å². The number of carbonyl (C=O) groups excluding carboxylic acids is 1. The van der Waals surface area contributed by atoms with E-state index in [1.807, 2.05) is 18.2 Å². The van der Waals surface area contributed by atoms with Crippen molar-refractivity contribution in [1.29, 1.82) is 0 Å². The molecule has 0 fully saturated rings. The number of hydrogen-bond donors (Lipinski definition) is 3. The van der Waals surface area contributed by atoms with Gasteiger partial charge in [-0.3, -0.25) is 4.79 Å². The van der Waals surface area contributed by atoms with Gasteiger partial charge in [0.15, 0.2) is 5.78 Å². The van der Waals surface area contributed by atoms with Crippen LogP contribution < -0.4 is 10.1 Å². The third-order valence-electron chi connectivity index (χ3n) is 4.07. The Bertz CT molecular complexity index is 957. The van der Waals surface area contributed by atoms with Crippen molar-refractivity contribution < 1.29 is 24.5 Å². The Balaban J connectivity index is 2.07. The topological polar surface area (TPSA) is 95.9 Å². The normalized spacial score (nSPS) is 11.5. The largest absolute Gasteiger partial charge is 0.480 e. The molecule has 28 heavy (non-hydrogen) atoms. The highest BCUT2D eigenvalue weighted by atomic mass is 16.5. The average Bonchev–Trinajstić information content (AvgIpc) is 2.73. The number of para-hydroxylation sites is 1. The highest BCUT2D eigenvalue weighted by Crippen LogP contribution is 2.33. The van der Waals surface area contributed by atoms with Crippen LogP contribution in [0.1, 0.15) is 15.9 Å². The minimum atomic E-state index is -1.26. The van der Waals surface area contributed by atoms with Crippen molar-refractivity contribution >= 4 is 17.4 Å². The van der Waals surface area contributed by atoms with Gasteiger partial charge in [-0.15, -0.1) is 0 Å². The maximum absolute atomic E-state index is 13.2. The Morgan fingerprint density at radius 1 is 0.893 bits per heavy atom. The first-order chi connectivity index (χ1) is 13.6. The lowest BCUT2D eigenvalue weighted by Crippen LogP contribution is -2.33. The second-order valence-corrected chi connectivity index (χ2v) is 6.01. The van der Waals surface area contributed by atoms with Crippen LogP contribution in [0.15, 0.2) is 78.9 Å². The number of benzene rings is 3. The number of aliphatic hydroxyl groups is 1. The van der Waals surface area contributed by atoms with Gasteiger partial charge in [-0.25, -0.2) is 4.79 Å². The van der Waals surface area contributed by atoms with Crippen molar-refractivity contribution in [2.75, 3.05) is 11.9 Å². The lowest BCUT2D eigenvalue weighted by Gasteiger charge is -2.19. The molecule has 0 radical (unpaired) electrons. The SMILES string of the molecule is O=C(c1ccccc1)c1c(NC(CO)C(=O)O)cccc1Oc1ccccc1. The highest BCUT2D eigenvalue weighted by Gasteiger charge is 2.23. The summed E-state index contributed by atoms with van der Waals surface area (Å²) in [6.07, 6.45) is 0. The Hall–Kier alpha value is -3.64. The summed E-state index contributed by atoms with van der Waals surface area (Å²) in [5.41, 5.74) is 0.895. The summed E-state index contributed by atoms with van der Waals surface area (Å²) in [6, 6.07) is 21.2. The van der Waals surface area contributed by atoms with E-state index in [-0.39, 0.29) is 22.8 Å². The zero-order valence-electron chi connectivity index (χ0n) is 14.9. The molecule has 3 aromatic rings. The fourth-order valence-electron chi connectivity index (χ4n) is 2.69. The molecular weight excluding hydrogens is 358 g/mol. The summed E-state index contributed by atoms with van der Waals surface area (Å²) in [5.74, 6) is -0.725.